The van der Waals surface area contributed by atoms with E-state index in [9.17, 15) is 4.79 Å². The Kier molecular flexibility index (Phi) is 5.84. The fourth-order valence-electron chi connectivity index (χ4n) is 2.99. The molecule has 7 heteroatoms. The minimum Gasteiger partial charge on any atom is -0.377 e. The van der Waals surface area contributed by atoms with Crippen molar-refractivity contribution in [2.75, 3.05) is 30.1 Å². The van der Waals surface area contributed by atoms with Crippen molar-refractivity contribution in [3.8, 4) is 0 Å². The van der Waals surface area contributed by atoms with Crippen molar-refractivity contribution in [1.29, 1.82) is 0 Å². The lowest BCUT2D eigenvalue weighted by molar-refractivity contribution is 0.176. The van der Waals surface area contributed by atoms with Crippen LogP contribution in [0.25, 0.3) is 0 Å². The van der Waals surface area contributed by atoms with Crippen molar-refractivity contribution in [3.05, 3.63) is 27.9 Å². The van der Waals surface area contributed by atoms with Gasteiger partial charge in [0.2, 0.25) is 0 Å². The van der Waals surface area contributed by atoms with Gasteiger partial charge < -0.3 is 15.0 Å². The first-order valence-electron chi connectivity index (χ1n) is 7.75. The molecule has 1 aromatic heterocycles. The molecule has 0 unspecified atom stereocenters. The molecule has 1 saturated carbocycles. The molecule has 0 atom stereocenters. The molecule has 1 saturated heterocycles. The Balaban J connectivity index is 1.53. The molecular weight excluding hydrogens is 318 g/mol. The van der Waals surface area contributed by atoms with Gasteiger partial charge in [0.05, 0.1) is 5.69 Å². The van der Waals surface area contributed by atoms with Gasteiger partial charge in [0.25, 0.3) is 5.56 Å². The van der Waals surface area contributed by atoms with Crippen molar-refractivity contribution < 1.29 is 4.74 Å². The van der Waals surface area contributed by atoms with E-state index in [-0.39, 0.29) is 5.56 Å². The van der Waals surface area contributed by atoms with E-state index in [1.807, 2.05) is 0 Å². The second-order valence-corrected chi connectivity index (χ2v) is 8.23. The number of H-pyrrole nitrogens is 1. The Hall–Kier alpha value is -0.500. The Morgan fingerprint density at radius 1 is 1.32 bits per heavy atom. The van der Waals surface area contributed by atoms with Crippen LogP contribution in [0.4, 0.5) is 0 Å². The van der Waals surface area contributed by atoms with Gasteiger partial charge in [0, 0.05) is 54.2 Å². The highest BCUT2D eigenvalue weighted by atomic mass is 32.2. The topological polar surface area (TPSA) is 67.0 Å². The average molecular weight is 342 g/mol. The van der Waals surface area contributed by atoms with E-state index < -0.39 is 0 Å². The van der Waals surface area contributed by atoms with Gasteiger partial charge in [0.15, 0.2) is 0 Å². The van der Waals surface area contributed by atoms with Crippen molar-refractivity contribution >= 4 is 23.5 Å². The first kappa shape index (κ1) is 16.4. The van der Waals surface area contributed by atoms with Crippen LogP contribution in [-0.4, -0.2) is 52.2 Å². The number of hydrogen-bond acceptors (Lipinski definition) is 6. The predicted molar refractivity (Wildman–Crippen MR) is 92.9 cm³/mol. The van der Waals surface area contributed by atoms with Crippen LogP contribution in [0.1, 0.15) is 30.3 Å². The maximum Gasteiger partial charge on any atom is 0.251 e. The van der Waals surface area contributed by atoms with Gasteiger partial charge in [-0.1, -0.05) is 0 Å². The summed E-state index contributed by atoms with van der Waals surface area (Å²) in [5.74, 6) is 6.01. The number of methoxy groups -OCH3 is 1. The van der Waals surface area contributed by atoms with Crippen LogP contribution in [0.15, 0.2) is 10.9 Å². The molecule has 22 heavy (non-hydrogen) atoms. The van der Waals surface area contributed by atoms with E-state index in [2.05, 4.69) is 38.8 Å². The van der Waals surface area contributed by atoms with Gasteiger partial charge in [-0.2, -0.15) is 23.5 Å². The number of nitrogens with one attached hydrogen (secondary N) is 2. The van der Waals surface area contributed by atoms with Crippen LogP contribution in [-0.2, 0) is 11.3 Å². The number of thioether (sulfide) groups is 2. The summed E-state index contributed by atoms with van der Waals surface area (Å²) in [5, 5.41) is 3.77. The van der Waals surface area contributed by atoms with Gasteiger partial charge in [0.1, 0.15) is 12.4 Å². The quantitative estimate of drug-likeness (QED) is 0.848. The molecule has 1 aliphatic heterocycles. The molecule has 2 N–H and O–H groups in total. The largest absolute Gasteiger partial charge is 0.377 e. The highest BCUT2D eigenvalue weighted by molar-refractivity contribution is 8.03. The van der Waals surface area contributed by atoms with Crippen molar-refractivity contribution in [1.82, 2.24) is 15.3 Å². The predicted octanol–water partition coefficient (Wildman–Crippen LogP) is 1.60. The minimum atomic E-state index is -0.0787. The monoisotopic (exact) mass is 341 g/mol. The summed E-state index contributed by atoms with van der Waals surface area (Å²) in [6.07, 6.45) is 2.16. The number of nitrogens with zero attached hydrogens (tertiary/aromatic N) is 1. The van der Waals surface area contributed by atoms with Gasteiger partial charge >= 0.3 is 0 Å². The van der Waals surface area contributed by atoms with Crippen LogP contribution in [0.2, 0.25) is 0 Å². The zero-order valence-corrected chi connectivity index (χ0v) is 14.5. The molecule has 0 spiro atoms. The second-order valence-electron chi connectivity index (χ2n) is 5.93. The molecule has 3 rings (SSSR count). The summed E-state index contributed by atoms with van der Waals surface area (Å²) < 4.78 is 5.05. The van der Waals surface area contributed by atoms with Crippen LogP contribution in [0.3, 0.4) is 0 Å². The molecule has 1 aromatic rings. The maximum absolute atomic E-state index is 11.7. The molecule has 0 bridgehead atoms. The Bertz CT molecular complexity index is 538. The second kappa shape index (κ2) is 7.86. The number of hydrogen-bond donors (Lipinski definition) is 2. The minimum absolute atomic E-state index is 0.0787. The number of aromatic nitrogens is 2. The van der Waals surface area contributed by atoms with Crippen LogP contribution in [0, 0.1) is 0 Å². The molecule has 0 amide bonds. The molecule has 5 nitrogen and oxygen atoms in total. The first-order valence-corrected chi connectivity index (χ1v) is 10.1. The van der Waals surface area contributed by atoms with Gasteiger partial charge in [-0.3, -0.25) is 4.79 Å². The summed E-state index contributed by atoms with van der Waals surface area (Å²) in [6, 6.07) is 2.83. The van der Waals surface area contributed by atoms with Crippen molar-refractivity contribution in [3.63, 3.8) is 0 Å². The molecule has 2 aliphatic rings. The lowest BCUT2D eigenvalue weighted by Gasteiger charge is -2.38. The zero-order valence-electron chi connectivity index (χ0n) is 12.8. The molecule has 1 aliphatic carbocycles. The summed E-state index contributed by atoms with van der Waals surface area (Å²) in [4.78, 5) is 18.9. The summed E-state index contributed by atoms with van der Waals surface area (Å²) >= 11 is 4.10. The van der Waals surface area contributed by atoms with E-state index in [0.29, 0.717) is 30.4 Å². The van der Waals surface area contributed by atoms with E-state index in [1.165, 1.54) is 23.0 Å². The van der Waals surface area contributed by atoms with Crippen LogP contribution >= 0.6 is 23.5 Å². The standard InChI is InChI=1S/C15H23N3O2S2/c1-20-7-14-17-13(6-15(19)18-14)10-4-11(5-10)16-12-8-21-2-3-22-9-12/h6,10-12,16H,2-5,7-9H2,1H3,(H,17,18,19). The Morgan fingerprint density at radius 3 is 2.73 bits per heavy atom. The van der Waals surface area contributed by atoms with E-state index in [4.69, 9.17) is 4.74 Å². The van der Waals surface area contributed by atoms with E-state index >= 15 is 0 Å². The number of ether oxygens (including phenoxy) is 1. The highest BCUT2D eigenvalue weighted by Gasteiger charge is 2.33. The molecule has 2 fully saturated rings. The summed E-state index contributed by atoms with van der Waals surface area (Å²) in [6.45, 7) is 0.355. The van der Waals surface area contributed by atoms with E-state index in [0.717, 1.165) is 18.5 Å². The molecule has 2 heterocycles. The maximum atomic E-state index is 11.7. The fraction of sp³-hybridized carbons (Fsp3) is 0.733. The zero-order chi connectivity index (χ0) is 15.4. The molecule has 0 radical (unpaired) electrons. The van der Waals surface area contributed by atoms with Gasteiger partial charge in [-0.05, 0) is 12.8 Å². The van der Waals surface area contributed by atoms with E-state index in [1.54, 1.807) is 13.2 Å². The highest BCUT2D eigenvalue weighted by Crippen LogP contribution is 2.36. The lowest BCUT2D eigenvalue weighted by Crippen LogP contribution is -2.47. The first-order chi connectivity index (χ1) is 10.7. The summed E-state index contributed by atoms with van der Waals surface area (Å²) in [7, 11) is 1.61. The van der Waals surface area contributed by atoms with Gasteiger partial charge in [-0.15, -0.1) is 0 Å². The normalized spacial score (nSPS) is 26.4. The third-order valence-corrected chi connectivity index (χ3v) is 6.65. The van der Waals surface area contributed by atoms with Gasteiger partial charge in [-0.25, -0.2) is 4.98 Å². The summed E-state index contributed by atoms with van der Waals surface area (Å²) in [5.41, 5.74) is 0.837. The lowest BCUT2D eigenvalue weighted by atomic mass is 9.78. The smallest absolute Gasteiger partial charge is 0.251 e. The van der Waals surface area contributed by atoms with Crippen molar-refractivity contribution in [2.45, 2.75) is 37.5 Å². The third-order valence-electron chi connectivity index (χ3n) is 4.13. The van der Waals surface area contributed by atoms with Crippen LogP contribution < -0.4 is 10.9 Å². The Morgan fingerprint density at radius 2 is 2.05 bits per heavy atom. The molecular formula is C15H23N3O2S2. The van der Waals surface area contributed by atoms with Crippen molar-refractivity contribution in [2.24, 2.45) is 0 Å². The SMILES string of the molecule is COCc1nc(C2CC(NC3CSCCSC3)C2)cc(=O)[nH]1. The third kappa shape index (κ3) is 4.28. The molecule has 0 aromatic carbocycles. The Labute approximate surface area is 139 Å². The fourth-order valence-corrected chi connectivity index (χ4v) is 5.41. The van der Waals surface area contributed by atoms with Crippen LogP contribution in [0.5, 0.6) is 0 Å². The average Bonchev–Trinajstić information content (AvgIpc) is 2.70. The molecule has 122 valence electrons. The number of aromatic amines is 1. The number of rotatable bonds is 5.